The van der Waals surface area contributed by atoms with Crippen molar-refractivity contribution in [1.29, 1.82) is 0 Å². The van der Waals surface area contributed by atoms with E-state index < -0.39 is 0 Å². The molecule has 0 aliphatic rings. The molecule has 0 atom stereocenters. The third-order valence-corrected chi connectivity index (χ3v) is 3.41. The minimum atomic E-state index is 0.912. The highest BCUT2D eigenvalue weighted by Crippen LogP contribution is 2.18. The lowest BCUT2D eigenvalue weighted by atomic mass is 10.1. The van der Waals surface area contributed by atoms with Crippen LogP contribution in [-0.4, -0.2) is 9.55 Å². The molecule has 0 radical (unpaired) electrons. The monoisotopic (exact) mass is 272 g/mol. The second-order valence-electron chi connectivity index (χ2n) is 5.01. The maximum atomic E-state index is 4.49. The highest BCUT2D eigenvalue weighted by molar-refractivity contribution is 5.57. The SMILES string of the molecule is Cc1ccc(-c2ncc(C#Cc3ccccc3)n2C)cc1. The lowest BCUT2D eigenvalue weighted by Gasteiger charge is -2.03. The molecule has 0 saturated carbocycles. The van der Waals surface area contributed by atoms with Crippen LogP contribution >= 0.6 is 0 Å². The smallest absolute Gasteiger partial charge is 0.140 e. The van der Waals surface area contributed by atoms with Crippen molar-refractivity contribution in [3.8, 4) is 23.2 Å². The first-order chi connectivity index (χ1) is 10.2. The molecule has 21 heavy (non-hydrogen) atoms. The van der Waals surface area contributed by atoms with Crippen LogP contribution in [0.2, 0.25) is 0 Å². The van der Waals surface area contributed by atoms with Gasteiger partial charge in [-0.15, -0.1) is 0 Å². The zero-order valence-electron chi connectivity index (χ0n) is 12.2. The number of hydrogen-bond donors (Lipinski definition) is 0. The van der Waals surface area contributed by atoms with Gasteiger partial charge in [-0.25, -0.2) is 4.98 Å². The molecule has 3 aromatic rings. The van der Waals surface area contributed by atoms with E-state index in [0.717, 1.165) is 22.6 Å². The van der Waals surface area contributed by atoms with E-state index in [9.17, 15) is 0 Å². The van der Waals surface area contributed by atoms with Crippen LogP contribution in [0.25, 0.3) is 11.4 Å². The fourth-order valence-electron chi connectivity index (χ4n) is 2.15. The largest absolute Gasteiger partial charge is 0.321 e. The molecule has 2 heteroatoms. The average Bonchev–Trinajstić information content (AvgIpc) is 2.88. The summed E-state index contributed by atoms with van der Waals surface area (Å²) in [7, 11) is 2.00. The third-order valence-electron chi connectivity index (χ3n) is 3.41. The van der Waals surface area contributed by atoms with Crippen LogP contribution in [-0.2, 0) is 7.05 Å². The second-order valence-corrected chi connectivity index (χ2v) is 5.01. The third kappa shape index (κ3) is 2.88. The Balaban J connectivity index is 1.93. The van der Waals surface area contributed by atoms with Crippen molar-refractivity contribution < 1.29 is 0 Å². The highest BCUT2D eigenvalue weighted by atomic mass is 15.1. The molecule has 0 fully saturated rings. The van der Waals surface area contributed by atoms with Crippen molar-refractivity contribution in [3.05, 3.63) is 77.6 Å². The van der Waals surface area contributed by atoms with Gasteiger partial charge in [-0.1, -0.05) is 53.9 Å². The maximum absolute atomic E-state index is 4.49. The summed E-state index contributed by atoms with van der Waals surface area (Å²) in [6, 6.07) is 18.4. The first-order valence-electron chi connectivity index (χ1n) is 6.90. The van der Waals surface area contributed by atoms with Gasteiger partial charge in [-0.3, -0.25) is 0 Å². The number of aryl methyl sites for hydroxylation is 1. The van der Waals surface area contributed by atoms with Crippen molar-refractivity contribution in [2.75, 3.05) is 0 Å². The predicted octanol–water partition coefficient (Wildman–Crippen LogP) is 3.80. The zero-order valence-corrected chi connectivity index (χ0v) is 12.2. The van der Waals surface area contributed by atoms with Crippen LogP contribution in [0.5, 0.6) is 0 Å². The predicted molar refractivity (Wildman–Crippen MR) is 85.8 cm³/mol. The van der Waals surface area contributed by atoms with E-state index in [0.29, 0.717) is 0 Å². The Labute approximate surface area is 125 Å². The van der Waals surface area contributed by atoms with Crippen molar-refractivity contribution in [3.63, 3.8) is 0 Å². The fraction of sp³-hybridized carbons (Fsp3) is 0.105. The molecule has 0 amide bonds. The van der Waals surface area contributed by atoms with Gasteiger partial charge in [-0.2, -0.15) is 0 Å². The Morgan fingerprint density at radius 3 is 2.33 bits per heavy atom. The number of benzene rings is 2. The molecular formula is C19H16N2. The molecule has 1 aromatic heterocycles. The molecule has 0 saturated heterocycles. The number of aromatic nitrogens is 2. The molecule has 0 aliphatic heterocycles. The summed E-state index contributed by atoms with van der Waals surface area (Å²) in [5.41, 5.74) is 4.28. The molecule has 0 bridgehead atoms. The molecule has 0 N–H and O–H groups in total. The van der Waals surface area contributed by atoms with E-state index in [1.165, 1.54) is 5.56 Å². The Kier molecular flexibility index (Phi) is 3.57. The molecule has 2 nitrogen and oxygen atoms in total. The Morgan fingerprint density at radius 1 is 0.905 bits per heavy atom. The summed E-state index contributed by atoms with van der Waals surface area (Å²) in [6.45, 7) is 2.08. The molecule has 2 aromatic carbocycles. The number of rotatable bonds is 1. The van der Waals surface area contributed by atoms with Gasteiger partial charge in [0, 0.05) is 18.2 Å². The van der Waals surface area contributed by atoms with Gasteiger partial charge in [0.2, 0.25) is 0 Å². The normalized spacial score (nSPS) is 10.0. The quantitative estimate of drug-likeness (QED) is 0.616. The lowest BCUT2D eigenvalue weighted by Crippen LogP contribution is -1.95. The second kappa shape index (κ2) is 5.68. The van der Waals surface area contributed by atoms with Crippen LogP contribution in [0.1, 0.15) is 16.8 Å². The van der Waals surface area contributed by atoms with Crippen molar-refractivity contribution in [1.82, 2.24) is 9.55 Å². The summed E-state index contributed by atoms with van der Waals surface area (Å²) in [5, 5.41) is 0. The Bertz CT molecular complexity index is 800. The van der Waals surface area contributed by atoms with Gasteiger partial charge in [0.15, 0.2) is 0 Å². The van der Waals surface area contributed by atoms with Gasteiger partial charge in [0.25, 0.3) is 0 Å². The summed E-state index contributed by atoms with van der Waals surface area (Å²) in [5.74, 6) is 7.28. The first kappa shape index (κ1) is 13.2. The minimum Gasteiger partial charge on any atom is -0.321 e. The highest BCUT2D eigenvalue weighted by Gasteiger charge is 2.06. The van der Waals surface area contributed by atoms with Gasteiger partial charge in [0.05, 0.1) is 6.20 Å². The topological polar surface area (TPSA) is 17.8 Å². The van der Waals surface area contributed by atoms with Crippen LogP contribution in [0.3, 0.4) is 0 Å². The zero-order chi connectivity index (χ0) is 14.7. The van der Waals surface area contributed by atoms with Gasteiger partial charge < -0.3 is 4.57 Å². The van der Waals surface area contributed by atoms with Crippen molar-refractivity contribution >= 4 is 0 Å². The van der Waals surface area contributed by atoms with Gasteiger partial charge in [0.1, 0.15) is 11.5 Å². The van der Waals surface area contributed by atoms with E-state index in [-0.39, 0.29) is 0 Å². The summed E-state index contributed by atoms with van der Waals surface area (Å²) < 4.78 is 2.03. The maximum Gasteiger partial charge on any atom is 0.140 e. The fourth-order valence-corrected chi connectivity index (χ4v) is 2.15. The van der Waals surface area contributed by atoms with Crippen LogP contribution in [0.4, 0.5) is 0 Å². The van der Waals surface area contributed by atoms with E-state index in [1.807, 2.05) is 48.1 Å². The lowest BCUT2D eigenvalue weighted by molar-refractivity contribution is 0.910. The van der Waals surface area contributed by atoms with E-state index in [1.54, 1.807) is 0 Å². The number of nitrogens with zero attached hydrogens (tertiary/aromatic N) is 2. The molecular weight excluding hydrogens is 256 g/mol. The number of imidazole rings is 1. The molecule has 0 spiro atoms. The average molecular weight is 272 g/mol. The number of hydrogen-bond acceptors (Lipinski definition) is 1. The minimum absolute atomic E-state index is 0.912. The van der Waals surface area contributed by atoms with Crippen LogP contribution < -0.4 is 0 Å². The van der Waals surface area contributed by atoms with Crippen LogP contribution in [0.15, 0.2) is 60.8 Å². The Hall–Kier alpha value is -2.79. The molecule has 0 unspecified atom stereocenters. The first-order valence-corrected chi connectivity index (χ1v) is 6.90. The summed E-state index contributed by atoms with van der Waals surface area (Å²) >= 11 is 0. The van der Waals surface area contributed by atoms with E-state index >= 15 is 0 Å². The van der Waals surface area contributed by atoms with E-state index in [2.05, 4.69) is 48.0 Å². The van der Waals surface area contributed by atoms with Crippen LogP contribution in [0, 0.1) is 18.8 Å². The Morgan fingerprint density at radius 2 is 1.62 bits per heavy atom. The molecule has 0 aliphatic carbocycles. The standard InChI is InChI=1S/C19H16N2/c1-15-8-11-17(12-9-15)19-20-14-18(21(19)2)13-10-16-6-4-3-5-7-16/h3-9,11-12,14H,1-2H3. The van der Waals surface area contributed by atoms with Gasteiger partial charge in [-0.05, 0) is 25.0 Å². The van der Waals surface area contributed by atoms with Crippen molar-refractivity contribution in [2.45, 2.75) is 6.92 Å². The summed E-state index contributed by atoms with van der Waals surface area (Å²) in [4.78, 5) is 4.49. The van der Waals surface area contributed by atoms with Gasteiger partial charge >= 0.3 is 0 Å². The van der Waals surface area contributed by atoms with Crippen molar-refractivity contribution in [2.24, 2.45) is 7.05 Å². The molecule has 1 heterocycles. The van der Waals surface area contributed by atoms with E-state index in [4.69, 9.17) is 0 Å². The summed E-state index contributed by atoms with van der Waals surface area (Å²) in [6.07, 6.45) is 1.82. The molecule has 102 valence electrons. The molecule has 3 rings (SSSR count).